The van der Waals surface area contributed by atoms with E-state index in [2.05, 4.69) is 10.2 Å². The van der Waals surface area contributed by atoms with E-state index in [1.165, 1.54) is 6.07 Å². The fourth-order valence-corrected chi connectivity index (χ4v) is 5.35. The van der Waals surface area contributed by atoms with Gasteiger partial charge < -0.3 is 10.1 Å². The van der Waals surface area contributed by atoms with Crippen LogP contribution in [0.3, 0.4) is 0 Å². The molecule has 3 rings (SSSR count). The number of benzene rings is 1. The first-order valence-electron chi connectivity index (χ1n) is 8.85. The Morgan fingerprint density at radius 1 is 1.31 bits per heavy atom. The van der Waals surface area contributed by atoms with Crippen molar-refractivity contribution in [2.75, 3.05) is 52.5 Å². The number of nitrogens with zero attached hydrogens (tertiary/aromatic N) is 2. The van der Waals surface area contributed by atoms with Crippen LogP contribution in [0.25, 0.3) is 0 Å². The Bertz CT molecular complexity index is 663. The highest BCUT2D eigenvalue weighted by molar-refractivity contribution is 7.89. The highest BCUT2D eigenvalue weighted by atomic mass is 35.5. The summed E-state index contributed by atoms with van der Waals surface area (Å²) in [6.07, 6.45) is 1.87. The second kappa shape index (κ2) is 10.2. The summed E-state index contributed by atoms with van der Waals surface area (Å²) < 4.78 is 33.5. The van der Waals surface area contributed by atoms with Crippen LogP contribution >= 0.6 is 24.0 Å². The van der Waals surface area contributed by atoms with Gasteiger partial charge in [0.15, 0.2) is 0 Å². The molecule has 0 amide bonds. The third-order valence-electron chi connectivity index (χ3n) is 4.82. The van der Waals surface area contributed by atoms with E-state index in [4.69, 9.17) is 16.3 Å². The number of ether oxygens (including phenoxy) is 1. The molecule has 2 fully saturated rings. The summed E-state index contributed by atoms with van der Waals surface area (Å²) in [6.45, 7) is 5.99. The maximum atomic E-state index is 13.3. The lowest BCUT2D eigenvalue weighted by Crippen LogP contribution is -2.51. The van der Waals surface area contributed by atoms with E-state index in [-0.39, 0.29) is 23.3 Å². The first-order valence-corrected chi connectivity index (χ1v) is 10.7. The normalized spacial score (nSPS) is 22.2. The Morgan fingerprint density at radius 3 is 2.73 bits per heavy atom. The van der Waals surface area contributed by atoms with Crippen molar-refractivity contribution in [3.05, 3.63) is 29.3 Å². The van der Waals surface area contributed by atoms with Crippen molar-refractivity contribution in [3.8, 4) is 0 Å². The molecule has 0 aromatic heterocycles. The molecule has 9 heteroatoms. The molecule has 6 nitrogen and oxygen atoms in total. The number of rotatable bonds is 6. The number of hydrogen-bond acceptors (Lipinski definition) is 5. The second-order valence-electron chi connectivity index (χ2n) is 6.53. The van der Waals surface area contributed by atoms with E-state index in [1.54, 1.807) is 22.5 Å². The molecular formula is C17H27Cl2N3O3S. The maximum Gasteiger partial charge on any atom is 0.243 e. The predicted molar refractivity (Wildman–Crippen MR) is 106 cm³/mol. The molecule has 0 bridgehead atoms. The van der Waals surface area contributed by atoms with E-state index in [9.17, 15) is 8.42 Å². The Kier molecular flexibility index (Phi) is 8.60. The molecule has 0 radical (unpaired) electrons. The molecule has 0 saturated carbocycles. The molecule has 2 aliphatic heterocycles. The number of piperidine rings is 1. The summed E-state index contributed by atoms with van der Waals surface area (Å²) in [4.78, 5) is 2.54. The molecule has 26 heavy (non-hydrogen) atoms. The van der Waals surface area contributed by atoms with E-state index < -0.39 is 10.0 Å². The van der Waals surface area contributed by atoms with E-state index >= 15 is 0 Å². The summed E-state index contributed by atoms with van der Waals surface area (Å²) in [5.74, 6) is 0. The lowest BCUT2D eigenvalue weighted by Gasteiger charge is -2.36. The van der Waals surface area contributed by atoms with Crippen molar-refractivity contribution in [3.63, 3.8) is 0 Å². The molecular weight excluding hydrogens is 397 g/mol. The number of nitrogens with one attached hydrogen (secondary N) is 1. The van der Waals surface area contributed by atoms with Crippen LogP contribution in [0.15, 0.2) is 29.2 Å². The fraction of sp³-hybridized carbons (Fsp3) is 0.647. The molecule has 1 unspecified atom stereocenters. The zero-order chi connectivity index (χ0) is 17.7. The average Bonchev–Trinajstić information content (AvgIpc) is 2.63. The van der Waals surface area contributed by atoms with Crippen molar-refractivity contribution < 1.29 is 13.2 Å². The van der Waals surface area contributed by atoms with Crippen molar-refractivity contribution in [1.29, 1.82) is 0 Å². The molecule has 1 aromatic carbocycles. The minimum atomic E-state index is -3.57. The van der Waals surface area contributed by atoms with Crippen molar-refractivity contribution in [2.24, 2.45) is 0 Å². The van der Waals surface area contributed by atoms with Crippen molar-refractivity contribution in [2.45, 2.75) is 23.8 Å². The smallest absolute Gasteiger partial charge is 0.243 e. The van der Waals surface area contributed by atoms with Crippen LogP contribution in [0.2, 0.25) is 5.02 Å². The van der Waals surface area contributed by atoms with Gasteiger partial charge in [0.1, 0.15) is 0 Å². The highest BCUT2D eigenvalue weighted by Gasteiger charge is 2.32. The largest absolute Gasteiger partial charge is 0.379 e. The van der Waals surface area contributed by atoms with Gasteiger partial charge in [-0.25, -0.2) is 8.42 Å². The number of morpholine rings is 1. The van der Waals surface area contributed by atoms with Gasteiger partial charge in [-0.1, -0.05) is 17.7 Å². The second-order valence-corrected chi connectivity index (χ2v) is 8.85. The van der Waals surface area contributed by atoms with Crippen LogP contribution in [0.1, 0.15) is 12.8 Å². The minimum Gasteiger partial charge on any atom is -0.379 e. The van der Waals surface area contributed by atoms with Gasteiger partial charge in [0.25, 0.3) is 0 Å². The molecule has 1 aromatic rings. The summed E-state index contributed by atoms with van der Waals surface area (Å²) in [5, 5.41) is 3.76. The molecule has 2 aliphatic rings. The van der Waals surface area contributed by atoms with Crippen LogP contribution in [-0.4, -0.2) is 76.1 Å². The monoisotopic (exact) mass is 423 g/mol. The van der Waals surface area contributed by atoms with Crippen molar-refractivity contribution in [1.82, 2.24) is 14.5 Å². The summed E-state index contributed by atoms with van der Waals surface area (Å²) >= 11 is 6.02. The van der Waals surface area contributed by atoms with Gasteiger partial charge >= 0.3 is 0 Å². The zero-order valence-electron chi connectivity index (χ0n) is 14.8. The third kappa shape index (κ3) is 5.55. The van der Waals surface area contributed by atoms with Gasteiger partial charge in [-0.3, -0.25) is 4.90 Å². The Hall–Kier alpha value is -0.410. The molecule has 2 saturated heterocycles. The SMILES string of the molecule is Cl.O=S(=O)(c1cccc(Cl)c1)N(CCN1CCOCC1)C1CCCNC1. The minimum absolute atomic E-state index is 0. The van der Waals surface area contributed by atoms with Crippen molar-refractivity contribution >= 4 is 34.0 Å². The number of halogens is 2. The average molecular weight is 424 g/mol. The summed E-state index contributed by atoms with van der Waals surface area (Å²) in [5.41, 5.74) is 0. The van der Waals surface area contributed by atoms with E-state index in [1.807, 2.05) is 0 Å². The molecule has 1 atom stereocenters. The lowest BCUT2D eigenvalue weighted by atomic mass is 10.1. The van der Waals surface area contributed by atoms with Gasteiger partial charge in [-0.2, -0.15) is 4.31 Å². The summed E-state index contributed by atoms with van der Waals surface area (Å²) in [7, 11) is -3.57. The predicted octanol–water partition coefficient (Wildman–Crippen LogP) is 1.84. The van der Waals surface area contributed by atoms with Crippen LogP contribution in [0.5, 0.6) is 0 Å². The van der Waals surface area contributed by atoms with Crippen LogP contribution in [0, 0.1) is 0 Å². The summed E-state index contributed by atoms with van der Waals surface area (Å²) in [6, 6.07) is 6.53. The van der Waals surface area contributed by atoms with E-state index in [0.29, 0.717) is 31.3 Å². The van der Waals surface area contributed by atoms with Crippen LogP contribution in [0.4, 0.5) is 0 Å². The fourth-order valence-electron chi connectivity index (χ4n) is 3.41. The molecule has 1 N–H and O–H groups in total. The van der Waals surface area contributed by atoms with Crippen LogP contribution < -0.4 is 5.32 Å². The van der Waals surface area contributed by atoms with Gasteiger partial charge in [0.2, 0.25) is 10.0 Å². The van der Waals surface area contributed by atoms with Gasteiger partial charge in [0.05, 0.1) is 18.1 Å². The van der Waals surface area contributed by atoms with Gasteiger partial charge in [-0.15, -0.1) is 12.4 Å². The Balaban J connectivity index is 0.00000243. The third-order valence-corrected chi connectivity index (χ3v) is 7.00. The van der Waals surface area contributed by atoms with Crippen LogP contribution in [-0.2, 0) is 14.8 Å². The molecule has 2 heterocycles. The Labute approximate surface area is 167 Å². The number of sulfonamides is 1. The lowest BCUT2D eigenvalue weighted by molar-refractivity contribution is 0.0350. The Morgan fingerprint density at radius 2 is 2.08 bits per heavy atom. The topological polar surface area (TPSA) is 61.9 Å². The number of hydrogen-bond donors (Lipinski definition) is 1. The zero-order valence-corrected chi connectivity index (χ0v) is 17.2. The molecule has 0 aliphatic carbocycles. The molecule has 0 spiro atoms. The molecule has 148 valence electrons. The first kappa shape index (κ1) is 21.9. The maximum absolute atomic E-state index is 13.3. The first-order chi connectivity index (χ1) is 12.1. The quantitative estimate of drug-likeness (QED) is 0.755. The standard InChI is InChI=1S/C17H26ClN3O3S.ClH/c18-15-3-1-5-17(13-15)25(22,23)21(16-4-2-6-19-14-16)8-7-20-9-11-24-12-10-20;/h1,3,5,13,16,19H,2,4,6-12,14H2;1H. The van der Waals surface area contributed by atoms with Gasteiger partial charge in [0, 0.05) is 43.8 Å². The van der Waals surface area contributed by atoms with Gasteiger partial charge in [-0.05, 0) is 37.6 Å². The highest BCUT2D eigenvalue weighted by Crippen LogP contribution is 2.24. The van der Waals surface area contributed by atoms with E-state index in [0.717, 1.165) is 39.0 Å².